The summed E-state index contributed by atoms with van der Waals surface area (Å²) in [6.45, 7) is 4.37. The van der Waals surface area contributed by atoms with Crippen LogP contribution in [0.5, 0.6) is 5.75 Å². The normalized spacial score (nSPS) is 10.6. The van der Waals surface area contributed by atoms with E-state index in [1.54, 1.807) is 25.3 Å². The number of nitrogens with zero attached hydrogens (tertiary/aromatic N) is 2. The molecule has 0 spiro atoms. The molecule has 0 saturated carbocycles. The van der Waals surface area contributed by atoms with E-state index in [1.165, 1.54) is 0 Å². The summed E-state index contributed by atoms with van der Waals surface area (Å²) in [5, 5.41) is 7.59. The van der Waals surface area contributed by atoms with Crippen LogP contribution in [0.3, 0.4) is 0 Å². The minimum atomic E-state index is -0.165. The topological polar surface area (TPSA) is 56.1 Å². The number of carbonyl (C=O) groups is 1. The maximum atomic E-state index is 12.6. The first-order chi connectivity index (χ1) is 12.5. The van der Waals surface area contributed by atoms with Crippen LogP contribution in [0.2, 0.25) is 0 Å². The lowest BCUT2D eigenvalue weighted by molar-refractivity contribution is 0.0949. The molecule has 3 rings (SSSR count). The first-order valence-electron chi connectivity index (χ1n) is 8.23. The molecule has 3 aromatic rings. The van der Waals surface area contributed by atoms with E-state index in [2.05, 4.69) is 26.3 Å². The Balaban J connectivity index is 1.80. The Hall–Kier alpha value is -2.60. The van der Waals surface area contributed by atoms with E-state index in [1.807, 2.05) is 48.9 Å². The predicted octanol–water partition coefficient (Wildman–Crippen LogP) is 4.19. The summed E-state index contributed by atoms with van der Waals surface area (Å²) < 4.78 is 7.83. The number of methoxy groups -OCH3 is 1. The molecule has 0 radical (unpaired) electrons. The van der Waals surface area contributed by atoms with Crippen LogP contribution in [-0.4, -0.2) is 22.8 Å². The van der Waals surface area contributed by atoms with Crippen LogP contribution in [0, 0.1) is 13.8 Å². The maximum absolute atomic E-state index is 12.6. The third-order valence-electron chi connectivity index (χ3n) is 4.29. The molecular formula is C20H20BrN3O2. The van der Waals surface area contributed by atoms with Gasteiger partial charge in [-0.1, -0.05) is 18.2 Å². The lowest BCUT2D eigenvalue weighted by Gasteiger charge is -2.09. The van der Waals surface area contributed by atoms with Gasteiger partial charge in [-0.25, -0.2) is 4.68 Å². The highest BCUT2D eigenvalue weighted by Crippen LogP contribution is 2.23. The van der Waals surface area contributed by atoms with Crippen molar-refractivity contribution in [1.29, 1.82) is 0 Å². The first-order valence-corrected chi connectivity index (χ1v) is 9.03. The van der Waals surface area contributed by atoms with E-state index in [0.29, 0.717) is 17.9 Å². The molecule has 5 nitrogen and oxygen atoms in total. The van der Waals surface area contributed by atoms with Crippen molar-refractivity contribution in [3.8, 4) is 11.4 Å². The molecule has 1 amide bonds. The van der Waals surface area contributed by atoms with E-state index in [4.69, 9.17) is 4.74 Å². The fourth-order valence-electron chi connectivity index (χ4n) is 2.82. The van der Waals surface area contributed by atoms with Crippen molar-refractivity contribution in [2.24, 2.45) is 0 Å². The van der Waals surface area contributed by atoms with Gasteiger partial charge < -0.3 is 10.1 Å². The van der Waals surface area contributed by atoms with Gasteiger partial charge in [-0.15, -0.1) is 0 Å². The summed E-state index contributed by atoms with van der Waals surface area (Å²) >= 11 is 3.42. The third kappa shape index (κ3) is 3.65. The Morgan fingerprint density at radius 1 is 1.19 bits per heavy atom. The Kier molecular flexibility index (Phi) is 5.42. The molecule has 26 heavy (non-hydrogen) atoms. The second kappa shape index (κ2) is 7.74. The fourth-order valence-corrected chi connectivity index (χ4v) is 3.25. The van der Waals surface area contributed by atoms with Crippen molar-refractivity contribution < 1.29 is 9.53 Å². The molecule has 0 fully saturated rings. The molecule has 1 heterocycles. The molecule has 134 valence electrons. The SMILES string of the molecule is COc1ccc(Br)c(C(=O)NCc2c(C)nn(-c3ccccc3)c2C)c1. The number of amides is 1. The molecule has 1 N–H and O–H groups in total. The highest BCUT2D eigenvalue weighted by atomic mass is 79.9. The minimum absolute atomic E-state index is 0.165. The molecular weight excluding hydrogens is 394 g/mol. The number of halogens is 1. The van der Waals surface area contributed by atoms with E-state index < -0.39 is 0 Å². The zero-order valence-corrected chi connectivity index (χ0v) is 16.5. The van der Waals surface area contributed by atoms with Crippen molar-refractivity contribution in [2.45, 2.75) is 20.4 Å². The number of hydrogen-bond donors (Lipinski definition) is 1. The number of carbonyl (C=O) groups excluding carboxylic acids is 1. The average Bonchev–Trinajstić information content (AvgIpc) is 2.95. The van der Waals surface area contributed by atoms with Crippen LogP contribution in [-0.2, 0) is 6.54 Å². The van der Waals surface area contributed by atoms with Crippen molar-refractivity contribution >= 4 is 21.8 Å². The second-order valence-electron chi connectivity index (χ2n) is 5.93. The number of para-hydroxylation sites is 1. The van der Waals surface area contributed by atoms with Gasteiger partial charge in [0.15, 0.2) is 0 Å². The van der Waals surface area contributed by atoms with Gasteiger partial charge in [-0.05, 0) is 60.1 Å². The molecule has 2 aromatic carbocycles. The van der Waals surface area contributed by atoms with Gasteiger partial charge in [-0.3, -0.25) is 4.79 Å². The second-order valence-corrected chi connectivity index (χ2v) is 6.78. The summed E-state index contributed by atoms with van der Waals surface area (Å²) in [5.74, 6) is 0.477. The molecule has 0 saturated heterocycles. The molecule has 0 atom stereocenters. The summed E-state index contributed by atoms with van der Waals surface area (Å²) in [6, 6.07) is 15.3. The molecule has 0 unspecified atom stereocenters. The number of aromatic nitrogens is 2. The quantitative estimate of drug-likeness (QED) is 0.681. The van der Waals surface area contributed by atoms with Crippen molar-refractivity contribution in [3.63, 3.8) is 0 Å². The van der Waals surface area contributed by atoms with Crippen molar-refractivity contribution in [3.05, 3.63) is 75.5 Å². The van der Waals surface area contributed by atoms with Gasteiger partial charge >= 0.3 is 0 Å². The standard InChI is InChI=1S/C20H20BrN3O2/c1-13-18(14(2)24(23-13)15-7-5-4-6-8-15)12-22-20(25)17-11-16(26-3)9-10-19(17)21/h4-11H,12H2,1-3H3,(H,22,25). The van der Waals surface area contributed by atoms with Gasteiger partial charge in [0.2, 0.25) is 0 Å². The first kappa shape index (κ1) is 18.2. The molecule has 0 aliphatic rings. The Morgan fingerprint density at radius 3 is 2.62 bits per heavy atom. The molecule has 0 aliphatic heterocycles. The monoisotopic (exact) mass is 413 g/mol. The van der Waals surface area contributed by atoms with Crippen LogP contribution in [0.4, 0.5) is 0 Å². The van der Waals surface area contributed by atoms with Gasteiger partial charge in [0, 0.05) is 22.3 Å². The number of aryl methyl sites for hydroxylation is 1. The summed E-state index contributed by atoms with van der Waals surface area (Å²) in [4.78, 5) is 12.6. The number of hydrogen-bond acceptors (Lipinski definition) is 3. The smallest absolute Gasteiger partial charge is 0.252 e. The van der Waals surface area contributed by atoms with Gasteiger partial charge in [0.1, 0.15) is 5.75 Å². The summed E-state index contributed by atoms with van der Waals surface area (Å²) in [5.41, 5.74) is 4.47. The van der Waals surface area contributed by atoms with Crippen LogP contribution in [0.25, 0.3) is 5.69 Å². The van der Waals surface area contributed by atoms with E-state index in [-0.39, 0.29) is 5.91 Å². The predicted molar refractivity (Wildman–Crippen MR) is 105 cm³/mol. The number of rotatable bonds is 5. The van der Waals surface area contributed by atoms with Gasteiger partial charge in [0.25, 0.3) is 5.91 Å². The van der Waals surface area contributed by atoms with Crippen LogP contribution in [0.15, 0.2) is 53.0 Å². The van der Waals surface area contributed by atoms with E-state index in [0.717, 1.165) is 27.1 Å². The van der Waals surface area contributed by atoms with Crippen LogP contribution < -0.4 is 10.1 Å². The highest BCUT2D eigenvalue weighted by Gasteiger charge is 2.16. The van der Waals surface area contributed by atoms with Gasteiger partial charge in [-0.2, -0.15) is 5.10 Å². The maximum Gasteiger partial charge on any atom is 0.252 e. The number of ether oxygens (including phenoxy) is 1. The number of nitrogens with one attached hydrogen (secondary N) is 1. The zero-order valence-electron chi connectivity index (χ0n) is 14.9. The lowest BCUT2D eigenvalue weighted by atomic mass is 10.1. The number of benzene rings is 2. The minimum Gasteiger partial charge on any atom is -0.497 e. The fraction of sp³-hybridized carbons (Fsp3) is 0.200. The zero-order chi connectivity index (χ0) is 18.7. The molecule has 0 bridgehead atoms. The van der Waals surface area contributed by atoms with E-state index >= 15 is 0 Å². The Labute approximate surface area is 161 Å². The van der Waals surface area contributed by atoms with Crippen molar-refractivity contribution in [1.82, 2.24) is 15.1 Å². The molecule has 1 aromatic heterocycles. The molecule has 0 aliphatic carbocycles. The average molecular weight is 414 g/mol. The Morgan fingerprint density at radius 2 is 1.92 bits per heavy atom. The lowest BCUT2D eigenvalue weighted by Crippen LogP contribution is -2.23. The largest absolute Gasteiger partial charge is 0.497 e. The Bertz CT molecular complexity index is 936. The molecule has 6 heteroatoms. The third-order valence-corrected chi connectivity index (χ3v) is 4.98. The summed E-state index contributed by atoms with van der Waals surface area (Å²) in [7, 11) is 1.58. The van der Waals surface area contributed by atoms with Crippen molar-refractivity contribution in [2.75, 3.05) is 7.11 Å². The van der Waals surface area contributed by atoms with Crippen LogP contribution in [0.1, 0.15) is 27.3 Å². The summed E-state index contributed by atoms with van der Waals surface area (Å²) in [6.07, 6.45) is 0. The van der Waals surface area contributed by atoms with E-state index in [9.17, 15) is 4.79 Å². The highest BCUT2D eigenvalue weighted by molar-refractivity contribution is 9.10. The van der Waals surface area contributed by atoms with Gasteiger partial charge in [0.05, 0.1) is 24.1 Å². The van der Waals surface area contributed by atoms with Crippen LogP contribution >= 0.6 is 15.9 Å².